The molecule has 1 aromatic carbocycles. The minimum Gasteiger partial charge on any atom is -0.481 e. The van der Waals surface area contributed by atoms with Gasteiger partial charge < -0.3 is 10.2 Å². The molecule has 3 aromatic rings. The monoisotopic (exact) mass is 284 g/mol. The number of rotatable bonds is 2. The molecule has 0 unspecified atom stereocenters. The molecule has 0 fully saturated rings. The van der Waals surface area contributed by atoms with E-state index in [4.69, 9.17) is 10.2 Å². The van der Waals surface area contributed by atoms with Crippen molar-refractivity contribution >= 4 is 33.7 Å². The molecule has 2 aromatic heterocycles. The number of pyridine rings is 2. The summed E-state index contributed by atoms with van der Waals surface area (Å²) in [6, 6.07) is 12.1. The highest BCUT2D eigenvalue weighted by atomic mass is 16.4. The first-order chi connectivity index (χ1) is 10.1. The zero-order chi connectivity index (χ0) is 15.2. The second-order valence-corrected chi connectivity index (χ2v) is 4.18. The second-order valence-electron chi connectivity index (χ2n) is 4.18. The van der Waals surface area contributed by atoms with Crippen LogP contribution in [0.4, 0.5) is 0 Å². The number of hydrogen-bond donors (Lipinski definition) is 2. The van der Waals surface area contributed by atoms with Gasteiger partial charge in [0.15, 0.2) is 0 Å². The molecule has 0 aliphatic heterocycles. The van der Waals surface area contributed by atoms with Gasteiger partial charge in [0.05, 0.1) is 11.0 Å². The van der Waals surface area contributed by atoms with Crippen LogP contribution in [0, 0.1) is 0 Å². The summed E-state index contributed by atoms with van der Waals surface area (Å²) < 4.78 is 0. The Morgan fingerprint density at radius 3 is 2.24 bits per heavy atom. The van der Waals surface area contributed by atoms with Crippen LogP contribution in [0.2, 0.25) is 0 Å². The van der Waals surface area contributed by atoms with E-state index in [2.05, 4.69) is 28.2 Å². The van der Waals surface area contributed by atoms with Crippen LogP contribution in [0.3, 0.4) is 0 Å². The summed E-state index contributed by atoms with van der Waals surface area (Å²) in [6.07, 6.45) is 2.81. The minimum atomic E-state index is -1.31. The van der Waals surface area contributed by atoms with Gasteiger partial charge in [0.25, 0.3) is 0 Å². The molecule has 0 aliphatic carbocycles. The van der Waals surface area contributed by atoms with Crippen molar-refractivity contribution in [3.05, 3.63) is 48.8 Å². The number of carboxylic acids is 2. The first-order valence-corrected chi connectivity index (χ1v) is 6.10. The van der Waals surface area contributed by atoms with Crippen LogP contribution in [-0.4, -0.2) is 32.1 Å². The Hall–Kier alpha value is -3.02. The Labute approximate surface area is 119 Å². The van der Waals surface area contributed by atoms with Gasteiger partial charge in [0.1, 0.15) is 6.42 Å². The number of hydrogen-bond acceptors (Lipinski definition) is 4. The Morgan fingerprint density at radius 2 is 1.57 bits per heavy atom. The maximum atomic E-state index is 9.43. The predicted molar refractivity (Wildman–Crippen MR) is 76.9 cm³/mol. The molecule has 6 heteroatoms. The Balaban J connectivity index is 0.000000199. The van der Waals surface area contributed by atoms with Gasteiger partial charge in [-0.05, 0) is 24.3 Å². The summed E-state index contributed by atoms with van der Waals surface area (Å²) >= 11 is 0. The average molecular weight is 284 g/mol. The normalized spacial score (nSPS) is 9.90. The topological polar surface area (TPSA) is 100 Å². The largest absolute Gasteiger partial charge is 0.481 e. The van der Waals surface area contributed by atoms with Crippen LogP contribution < -0.4 is 0 Å². The molecular weight excluding hydrogens is 272 g/mol. The van der Waals surface area contributed by atoms with Crippen molar-refractivity contribution in [1.29, 1.82) is 0 Å². The van der Waals surface area contributed by atoms with E-state index < -0.39 is 18.4 Å². The molecule has 0 amide bonds. The van der Waals surface area contributed by atoms with Crippen molar-refractivity contribution in [3.63, 3.8) is 0 Å². The number of aliphatic carboxylic acids is 2. The lowest BCUT2D eigenvalue weighted by Crippen LogP contribution is -2.03. The van der Waals surface area contributed by atoms with E-state index in [1.807, 2.05) is 24.4 Å². The number of aromatic nitrogens is 2. The summed E-state index contributed by atoms with van der Waals surface area (Å²) in [7, 11) is 0. The molecule has 6 nitrogen and oxygen atoms in total. The van der Waals surface area contributed by atoms with E-state index >= 15 is 0 Å². The third kappa shape index (κ3) is 3.73. The number of nitrogens with zero attached hydrogens (tertiary/aromatic N) is 2. The van der Waals surface area contributed by atoms with E-state index in [-0.39, 0.29) is 0 Å². The van der Waals surface area contributed by atoms with Crippen molar-refractivity contribution in [2.75, 3.05) is 0 Å². The van der Waals surface area contributed by atoms with Crippen molar-refractivity contribution in [2.24, 2.45) is 0 Å². The SMILES string of the molecule is O=C(O)CC(=O)O.c1cnc2c(c1)ccc1ncccc12. The van der Waals surface area contributed by atoms with Gasteiger partial charge in [-0.1, -0.05) is 12.1 Å². The standard InChI is InChI=1S/C12H8N2.C3H4O4/c1-3-9-5-6-11-10(4-2-7-13-11)12(9)14-8-1;4-2(5)1-3(6)7/h1-8H;1H2,(H,4,5)(H,6,7). The first-order valence-electron chi connectivity index (χ1n) is 6.10. The molecule has 0 saturated heterocycles. The van der Waals surface area contributed by atoms with Crippen LogP contribution in [0.5, 0.6) is 0 Å². The Morgan fingerprint density at radius 1 is 0.905 bits per heavy atom. The molecular formula is C15H12N2O4. The average Bonchev–Trinajstić information content (AvgIpc) is 2.46. The summed E-state index contributed by atoms with van der Waals surface area (Å²) in [5.74, 6) is -2.62. The van der Waals surface area contributed by atoms with Crippen LogP contribution in [0.15, 0.2) is 48.8 Å². The summed E-state index contributed by atoms with van der Waals surface area (Å²) in [5.41, 5.74) is 2.02. The van der Waals surface area contributed by atoms with Crippen LogP contribution in [-0.2, 0) is 9.59 Å². The molecule has 0 saturated carbocycles. The highest BCUT2D eigenvalue weighted by molar-refractivity contribution is 6.03. The highest BCUT2D eigenvalue weighted by Crippen LogP contribution is 2.20. The van der Waals surface area contributed by atoms with Crippen LogP contribution >= 0.6 is 0 Å². The van der Waals surface area contributed by atoms with Gasteiger partial charge in [0.2, 0.25) is 0 Å². The summed E-state index contributed by atoms with van der Waals surface area (Å²) in [6.45, 7) is 0. The molecule has 21 heavy (non-hydrogen) atoms. The van der Waals surface area contributed by atoms with Crippen molar-refractivity contribution in [1.82, 2.24) is 9.97 Å². The third-order valence-electron chi connectivity index (χ3n) is 2.66. The molecule has 0 bridgehead atoms. The summed E-state index contributed by atoms with van der Waals surface area (Å²) in [4.78, 5) is 27.5. The van der Waals surface area contributed by atoms with E-state index in [0.717, 1.165) is 21.8 Å². The van der Waals surface area contributed by atoms with Crippen LogP contribution in [0.1, 0.15) is 6.42 Å². The smallest absolute Gasteiger partial charge is 0.314 e. The summed E-state index contributed by atoms with van der Waals surface area (Å²) in [5, 5.41) is 17.7. The van der Waals surface area contributed by atoms with E-state index in [1.54, 1.807) is 6.20 Å². The number of carboxylic acid groups (broad SMARTS) is 2. The van der Waals surface area contributed by atoms with E-state index in [9.17, 15) is 9.59 Å². The molecule has 0 radical (unpaired) electrons. The van der Waals surface area contributed by atoms with E-state index in [0.29, 0.717) is 0 Å². The number of fused-ring (bicyclic) bond motifs is 3. The van der Waals surface area contributed by atoms with Gasteiger partial charge in [-0.2, -0.15) is 0 Å². The first kappa shape index (κ1) is 14.4. The molecule has 0 aliphatic rings. The highest BCUT2D eigenvalue weighted by Gasteiger charge is 2.01. The fraction of sp³-hybridized carbons (Fsp3) is 0.0667. The minimum absolute atomic E-state index is 0.806. The lowest BCUT2D eigenvalue weighted by Gasteiger charge is -2.00. The molecule has 3 rings (SSSR count). The molecule has 0 spiro atoms. The van der Waals surface area contributed by atoms with Gasteiger partial charge in [-0.15, -0.1) is 0 Å². The Kier molecular flexibility index (Phi) is 4.40. The quantitative estimate of drug-likeness (QED) is 0.553. The van der Waals surface area contributed by atoms with Crippen molar-refractivity contribution in [3.8, 4) is 0 Å². The third-order valence-corrected chi connectivity index (χ3v) is 2.66. The Bertz CT molecular complexity index is 735. The van der Waals surface area contributed by atoms with Gasteiger partial charge in [0, 0.05) is 23.2 Å². The fourth-order valence-electron chi connectivity index (χ4n) is 1.83. The number of carbonyl (C=O) groups is 2. The second kappa shape index (κ2) is 6.42. The number of benzene rings is 1. The zero-order valence-electron chi connectivity index (χ0n) is 10.9. The van der Waals surface area contributed by atoms with Gasteiger partial charge >= 0.3 is 11.9 Å². The maximum absolute atomic E-state index is 9.43. The zero-order valence-corrected chi connectivity index (χ0v) is 10.9. The van der Waals surface area contributed by atoms with Gasteiger partial charge in [-0.3, -0.25) is 19.6 Å². The molecule has 2 heterocycles. The van der Waals surface area contributed by atoms with Crippen molar-refractivity contribution in [2.45, 2.75) is 6.42 Å². The van der Waals surface area contributed by atoms with E-state index in [1.165, 1.54) is 0 Å². The molecule has 2 N–H and O–H groups in total. The fourth-order valence-corrected chi connectivity index (χ4v) is 1.83. The van der Waals surface area contributed by atoms with Crippen LogP contribution in [0.25, 0.3) is 21.8 Å². The predicted octanol–water partition coefficient (Wildman–Crippen LogP) is 2.33. The lowest BCUT2D eigenvalue weighted by molar-refractivity contribution is -0.147. The maximum Gasteiger partial charge on any atom is 0.314 e. The van der Waals surface area contributed by atoms with Crippen molar-refractivity contribution < 1.29 is 19.8 Å². The molecule has 0 atom stereocenters. The van der Waals surface area contributed by atoms with Gasteiger partial charge in [-0.25, -0.2) is 0 Å². The molecule has 106 valence electrons. The lowest BCUT2D eigenvalue weighted by atomic mass is 10.1.